The molecule has 1 fully saturated rings. The topological polar surface area (TPSA) is 38.9 Å². The Bertz CT molecular complexity index is 253. The minimum absolute atomic E-state index is 0.642. The Kier molecular flexibility index (Phi) is 1.53. The van der Waals surface area contributed by atoms with Gasteiger partial charge in [0.25, 0.3) is 0 Å². The van der Waals surface area contributed by atoms with Crippen molar-refractivity contribution < 1.29 is 0 Å². The molecule has 0 saturated heterocycles. The largest absolute Gasteiger partial charge is 0.384 e. The SMILES string of the molecule is Nc1cccc(CC2CC2)n1. The Morgan fingerprint density at radius 2 is 2.27 bits per heavy atom. The minimum Gasteiger partial charge on any atom is -0.384 e. The second kappa shape index (κ2) is 2.53. The fourth-order valence-electron chi connectivity index (χ4n) is 1.23. The summed E-state index contributed by atoms with van der Waals surface area (Å²) in [6.45, 7) is 0. The van der Waals surface area contributed by atoms with Crippen LogP contribution < -0.4 is 5.73 Å². The van der Waals surface area contributed by atoms with Crippen molar-refractivity contribution in [2.45, 2.75) is 19.3 Å². The Balaban J connectivity index is 2.10. The van der Waals surface area contributed by atoms with Crippen LogP contribution in [0.2, 0.25) is 0 Å². The zero-order valence-electron chi connectivity index (χ0n) is 6.46. The lowest BCUT2D eigenvalue weighted by Crippen LogP contribution is -1.95. The molecule has 2 N–H and O–H groups in total. The molecule has 0 amide bonds. The molecule has 11 heavy (non-hydrogen) atoms. The number of hydrogen-bond acceptors (Lipinski definition) is 2. The molecule has 1 aromatic rings. The highest BCUT2D eigenvalue weighted by Crippen LogP contribution is 2.31. The Morgan fingerprint density at radius 1 is 1.45 bits per heavy atom. The van der Waals surface area contributed by atoms with Gasteiger partial charge in [0.1, 0.15) is 5.82 Å². The highest BCUT2D eigenvalue weighted by Gasteiger charge is 2.21. The molecular weight excluding hydrogens is 136 g/mol. The summed E-state index contributed by atoms with van der Waals surface area (Å²) in [4.78, 5) is 4.23. The van der Waals surface area contributed by atoms with Gasteiger partial charge in [-0.3, -0.25) is 0 Å². The van der Waals surface area contributed by atoms with Gasteiger partial charge in [-0.05, 0) is 37.3 Å². The standard InChI is InChI=1S/C9H12N2/c10-9-3-1-2-8(11-9)6-7-4-5-7/h1-3,7H,4-6H2,(H2,10,11). The van der Waals surface area contributed by atoms with Gasteiger partial charge in [0.05, 0.1) is 0 Å². The lowest BCUT2D eigenvalue weighted by atomic mass is 10.2. The van der Waals surface area contributed by atoms with Gasteiger partial charge in [0, 0.05) is 5.69 Å². The highest BCUT2D eigenvalue weighted by molar-refractivity contribution is 5.29. The van der Waals surface area contributed by atoms with Gasteiger partial charge < -0.3 is 5.73 Å². The van der Waals surface area contributed by atoms with Gasteiger partial charge in [0.2, 0.25) is 0 Å². The monoisotopic (exact) mass is 148 g/mol. The summed E-state index contributed by atoms with van der Waals surface area (Å²) in [6.07, 6.45) is 3.86. The average molecular weight is 148 g/mol. The molecule has 0 aliphatic heterocycles. The van der Waals surface area contributed by atoms with Crippen molar-refractivity contribution in [3.8, 4) is 0 Å². The van der Waals surface area contributed by atoms with Gasteiger partial charge >= 0.3 is 0 Å². The Morgan fingerprint density at radius 3 is 2.91 bits per heavy atom. The van der Waals surface area contributed by atoms with Crippen molar-refractivity contribution in [1.29, 1.82) is 0 Å². The molecule has 2 heteroatoms. The fourth-order valence-corrected chi connectivity index (χ4v) is 1.23. The predicted octanol–water partition coefficient (Wildman–Crippen LogP) is 1.62. The molecule has 1 aromatic heterocycles. The van der Waals surface area contributed by atoms with Crippen LogP contribution in [0.1, 0.15) is 18.5 Å². The summed E-state index contributed by atoms with van der Waals surface area (Å²) in [5, 5.41) is 0. The molecule has 0 radical (unpaired) electrons. The molecule has 1 aliphatic rings. The van der Waals surface area contributed by atoms with Crippen LogP contribution in [-0.2, 0) is 6.42 Å². The Hall–Kier alpha value is -1.05. The smallest absolute Gasteiger partial charge is 0.123 e. The van der Waals surface area contributed by atoms with E-state index in [9.17, 15) is 0 Å². The van der Waals surface area contributed by atoms with Crippen molar-refractivity contribution in [2.75, 3.05) is 5.73 Å². The summed E-state index contributed by atoms with van der Waals surface area (Å²) in [6, 6.07) is 5.85. The third-order valence-electron chi connectivity index (χ3n) is 2.02. The van der Waals surface area contributed by atoms with Crippen LogP contribution in [0.4, 0.5) is 5.82 Å². The van der Waals surface area contributed by atoms with Crippen LogP contribution in [-0.4, -0.2) is 4.98 Å². The number of pyridine rings is 1. The minimum atomic E-state index is 0.642. The van der Waals surface area contributed by atoms with Gasteiger partial charge in [-0.2, -0.15) is 0 Å². The fraction of sp³-hybridized carbons (Fsp3) is 0.444. The first-order chi connectivity index (χ1) is 5.34. The van der Waals surface area contributed by atoms with E-state index in [2.05, 4.69) is 11.1 Å². The number of nitrogens with zero attached hydrogens (tertiary/aromatic N) is 1. The van der Waals surface area contributed by atoms with E-state index in [4.69, 9.17) is 5.73 Å². The number of nitrogen functional groups attached to an aromatic ring is 1. The molecule has 58 valence electrons. The Labute approximate surface area is 66.4 Å². The second-order valence-corrected chi connectivity index (χ2v) is 3.20. The molecule has 0 unspecified atom stereocenters. The number of nitrogens with two attached hydrogens (primary N) is 1. The summed E-state index contributed by atoms with van der Waals surface area (Å²) in [5.74, 6) is 1.53. The molecule has 2 nitrogen and oxygen atoms in total. The van der Waals surface area contributed by atoms with Crippen LogP contribution in [0.3, 0.4) is 0 Å². The first-order valence-electron chi connectivity index (χ1n) is 4.06. The quantitative estimate of drug-likeness (QED) is 0.692. The van der Waals surface area contributed by atoms with E-state index in [1.165, 1.54) is 12.8 Å². The zero-order valence-corrected chi connectivity index (χ0v) is 6.46. The van der Waals surface area contributed by atoms with Crippen molar-refractivity contribution >= 4 is 5.82 Å². The van der Waals surface area contributed by atoms with E-state index in [0.29, 0.717) is 5.82 Å². The summed E-state index contributed by atoms with van der Waals surface area (Å²) < 4.78 is 0. The highest BCUT2D eigenvalue weighted by atomic mass is 14.8. The molecule has 1 heterocycles. The lowest BCUT2D eigenvalue weighted by Gasteiger charge is -1.98. The van der Waals surface area contributed by atoms with Crippen molar-refractivity contribution in [3.63, 3.8) is 0 Å². The average Bonchev–Trinajstić information content (AvgIpc) is 2.71. The van der Waals surface area contributed by atoms with E-state index < -0.39 is 0 Å². The normalized spacial score (nSPS) is 16.7. The molecular formula is C9H12N2. The predicted molar refractivity (Wildman–Crippen MR) is 45.1 cm³/mol. The van der Waals surface area contributed by atoms with Crippen molar-refractivity contribution in [3.05, 3.63) is 23.9 Å². The number of aromatic nitrogens is 1. The van der Waals surface area contributed by atoms with Crippen LogP contribution in [0.5, 0.6) is 0 Å². The van der Waals surface area contributed by atoms with E-state index in [1.807, 2.05) is 12.1 Å². The van der Waals surface area contributed by atoms with Crippen LogP contribution in [0, 0.1) is 5.92 Å². The summed E-state index contributed by atoms with van der Waals surface area (Å²) in [7, 11) is 0. The first-order valence-corrected chi connectivity index (χ1v) is 4.06. The van der Waals surface area contributed by atoms with E-state index >= 15 is 0 Å². The van der Waals surface area contributed by atoms with Gasteiger partial charge in [0.15, 0.2) is 0 Å². The third kappa shape index (κ3) is 1.70. The van der Waals surface area contributed by atoms with Crippen molar-refractivity contribution in [2.24, 2.45) is 5.92 Å². The number of hydrogen-bond donors (Lipinski definition) is 1. The summed E-state index contributed by atoms with van der Waals surface area (Å²) in [5.41, 5.74) is 6.69. The van der Waals surface area contributed by atoms with Crippen LogP contribution in [0.15, 0.2) is 18.2 Å². The van der Waals surface area contributed by atoms with Crippen molar-refractivity contribution in [1.82, 2.24) is 4.98 Å². The van der Waals surface area contributed by atoms with Crippen LogP contribution in [0.25, 0.3) is 0 Å². The molecule has 0 bridgehead atoms. The summed E-state index contributed by atoms with van der Waals surface area (Å²) >= 11 is 0. The molecule has 0 atom stereocenters. The molecule has 0 aromatic carbocycles. The maximum Gasteiger partial charge on any atom is 0.123 e. The second-order valence-electron chi connectivity index (χ2n) is 3.20. The lowest BCUT2D eigenvalue weighted by molar-refractivity contribution is 0.806. The number of rotatable bonds is 2. The molecule has 1 saturated carbocycles. The van der Waals surface area contributed by atoms with E-state index in [1.54, 1.807) is 0 Å². The third-order valence-corrected chi connectivity index (χ3v) is 2.02. The molecule has 0 spiro atoms. The maximum absolute atomic E-state index is 5.54. The van der Waals surface area contributed by atoms with Gasteiger partial charge in [-0.15, -0.1) is 0 Å². The van der Waals surface area contributed by atoms with Crippen LogP contribution >= 0.6 is 0 Å². The van der Waals surface area contributed by atoms with E-state index in [0.717, 1.165) is 18.0 Å². The maximum atomic E-state index is 5.54. The van der Waals surface area contributed by atoms with Gasteiger partial charge in [-0.25, -0.2) is 4.98 Å². The van der Waals surface area contributed by atoms with E-state index in [-0.39, 0.29) is 0 Å². The number of anilines is 1. The first kappa shape index (κ1) is 6.65. The van der Waals surface area contributed by atoms with Gasteiger partial charge in [-0.1, -0.05) is 6.07 Å². The molecule has 2 rings (SSSR count). The zero-order chi connectivity index (χ0) is 7.68. The molecule has 1 aliphatic carbocycles.